The molecule has 200 valence electrons. The highest BCUT2D eigenvalue weighted by atomic mass is 16.4. The van der Waals surface area contributed by atoms with Gasteiger partial charge >= 0.3 is 12.0 Å². The molecule has 1 aliphatic rings. The lowest BCUT2D eigenvalue weighted by Gasteiger charge is -2.35. The van der Waals surface area contributed by atoms with Crippen LogP contribution in [0.4, 0.5) is 22.0 Å². The van der Waals surface area contributed by atoms with Crippen molar-refractivity contribution < 1.29 is 19.5 Å². The molecule has 0 bridgehead atoms. The van der Waals surface area contributed by atoms with E-state index in [1.54, 1.807) is 65.7 Å². The monoisotopic (exact) mass is 526 g/mol. The van der Waals surface area contributed by atoms with Crippen molar-refractivity contribution in [2.24, 2.45) is 5.73 Å². The Hall–Kier alpha value is -5.12. The summed E-state index contributed by atoms with van der Waals surface area (Å²) in [4.78, 5) is 44.1. The first kappa shape index (κ1) is 26.9. The average Bonchev–Trinajstić information content (AvgIpc) is 2.97. The molecule has 0 atom stereocenters. The number of nitrogen functional groups attached to an aromatic ring is 1. The number of pyridine rings is 1. The first-order valence-corrected chi connectivity index (χ1v) is 12.4. The lowest BCUT2D eigenvalue weighted by Crippen LogP contribution is -2.50. The lowest BCUT2D eigenvalue weighted by atomic mass is 10.1. The summed E-state index contributed by atoms with van der Waals surface area (Å²) in [6.07, 6.45) is 1.60. The molecule has 5 rings (SSSR count). The van der Waals surface area contributed by atoms with E-state index in [0.717, 1.165) is 18.5 Å². The van der Waals surface area contributed by atoms with Crippen molar-refractivity contribution in [3.8, 4) is 0 Å². The minimum atomic E-state index is -1.09. The van der Waals surface area contributed by atoms with Crippen molar-refractivity contribution in [1.29, 1.82) is 0 Å². The fourth-order valence-corrected chi connectivity index (χ4v) is 4.33. The molecule has 1 aromatic heterocycles. The number of amides is 3. The van der Waals surface area contributed by atoms with Gasteiger partial charge in [-0.1, -0.05) is 42.5 Å². The molecule has 4 aromatic rings. The summed E-state index contributed by atoms with van der Waals surface area (Å²) in [6, 6.07) is 25.4. The summed E-state index contributed by atoms with van der Waals surface area (Å²) < 4.78 is 0. The maximum Gasteiger partial charge on any atom is 0.323 e. The van der Waals surface area contributed by atoms with E-state index in [0.29, 0.717) is 35.5 Å². The van der Waals surface area contributed by atoms with Crippen molar-refractivity contribution in [2.75, 3.05) is 48.3 Å². The van der Waals surface area contributed by atoms with Gasteiger partial charge in [-0.2, -0.15) is 0 Å². The van der Waals surface area contributed by atoms with Crippen LogP contribution in [0, 0.1) is 0 Å². The van der Waals surface area contributed by atoms with E-state index in [2.05, 4.69) is 22.0 Å². The summed E-state index contributed by atoms with van der Waals surface area (Å²) in [5.41, 5.74) is 13.2. The van der Waals surface area contributed by atoms with Crippen LogP contribution < -0.4 is 21.3 Å². The number of piperazine rings is 1. The fraction of sp³-hybridized carbons (Fsp3) is 0.172. The van der Waals surface area contributed by atoms with Crippen molar-refractivity contribution in [2.45, 2.75) is 0 Å². The van der Waals surface area contributed by atoms with E-state index in [1.165, 1.54) is 10.6 Å². The molecular weight excluding hydrogens is 496 g/mol. The zero-order valence-electron chi connectivity index (χ0n) is 21.3. The van der Waals surface area contributed by atoms with Crippen LogP contribution in [0.3, 0.4) is 0 Å². The molecule has 1 fully saturated rings. The van der Waals surface area contributed by atoms with Gasteiger partial charge in [-0.25, -0.2) is 9.78 Å². The topological polar surface area (TPSA) is 146 Å². The fourth-order valence-electron chi connectivity index (χ4n) is 4.33. The molecule has 10 heteroatoms. The molecule has 0 saturated carbocycles. The Balaban J connectivity index is 0.000000202. The minimum absolute atomic E-state index is 0.317. The van der Waals surface area contributed by atoms with Crippen LogP contribution >= 0.6 is 0 Å². The maximum absolute atomic E-state index is 12.8. The normalized spacial score (nSPS) is 12.8. The minimum Gasteiger partial charge on any atom is -0.480 e. The maximum atomic E-state index is 12.8. The number of para-hydroxylation sites is 2. The Kier molecular flexibility index (Phi) is 8.57. The quantitative estimate of drug-likeness (QED) is 0.361. The van der Waals surface area contributed by atoms with Crippen molar-refractivity contribution >= 4 is 45.9 Å². The van der Waals surface area contributed by atoms with Gasteiger partial charge < -0.3 is 26.4 Å². The van der Waals surface area contributed by atoms with Crippen LogP contribution in [-0.4, -0.2) is 65.6 Å². The third-order valence-corrected chi connectivity index (χ3v) is 6.36. The highest BCUT2D eigenvalue weighted by molar-refractivity contribution is 6.10. The molecule has 2 heterocycles. The van der Waals surface area contributed by atoms with Crippen molar-refractivity contribution in [3.63, 3.8) is 0 Å². The average molecular weight is 527 g/mol. The molecular formula is C29H30N6O4. The van der Waals surface area contributed by atoms with E-state index in [9.17, 15) is 14.4 Å². The third kappa shape index (κ3) is 6.80. The third-order valence-electron chi connectivity index (χ3n) is 6.36. The first-order chi connectivity index (χ1) is 18.8. The zero-order valence-corrected chi connectivity index (χ0v) is 21.3. The number of carbonyl (C=O) groups is 3. The van der Waals surface area contributed by atoms with Crippen molar-refractivity contribution in [3.05, 3.63) is 96.7 Å². The van der Waals surface area contributed by atoms with Crippen molar-refractivity contribution in [1.82, 2.24) is 9.88 Å². The van der Waals surface area contributed by atoms with Gasteiger partial charge in [0.25, 0.3) is 5.91 Å². The number of primary amides is 1. The van der Waals surface area contributed by atoms with Gasteiger partial charge in [0.1, 0.15) is 12.4 Å². The van der Waals surface area contributed by atoms with Gasteiger partial charge in [0.05, 0.1) is 0 Å². The number of aliphatic carboxylic acids is 1. The molecule has 0 aliphatic carbocycles. The first-order valence-electron chi connectivity index (χ1n) is 12.4. The van der Waals surface area contributed by atoms with Crippen LogP contribution in [0.1, 0.15) is 10.4 Å². The summed E-state index contributed by atoms with van der Waals surface area (Å²) in [7, 11) is 0. The number of aromatic nitrogens is 1. The van der Waals surface area contributed by atoms with Gasteiger partial charge in [-0.3, -0.25) is 14.5 Å². The van der Waals surface area contributed by atoms with E-state index in [4.69, 9.17) is 16.6 Å². The molecule has 3 amide bonds. The second-order valence-electron chi connectivity index (χ2n) is 8.90. The van der Waals surface area contributed by atoms with E-state index < -0.39 is 18.4 Å². The lowest BCUT2D eigenvalue weighted by molar-refractivity contribution is -0.135. The Morgan fingerprint density at radius 3 is 2.13 bits per heavy atom. The summed E-state index contributed by atoms with van der Waals surface area (Å²) >= 11 is 0. The molecule has 0 radical (unpaired) electrons. The zero-order chi connectivity index (χ0) is 27.8. The highest BCUT2D eigenvalue weighted by Gasteiger charge is 2.21. The number of anilines is 3. The largest absolute Gasteiger partial charge is 0.480 e. The number of urea groups is 1. The van der Waals surface area contributed by atoms with E-state index >= 15 is 0 Å². The number of fused-ring (bicyclic) bond motifs is 1. The van der Waals surface area contributed by atoms with Gasteiger partial charge in [-0.15, -0.1) is 0 Å². The van der Waals surface area contributed by atoms with Crippen LogP contribution in [0.2, 0.25) is 0 Å². The predicted molar refractivity (Wildman–Crippen MR) is 152 cm³/mol. The number of hydrogen-bond donors (Lipinski definition) is 3. The smallest absolute Gasteiger partial charge is 0.323 e. The summed E-state index contributed by atoms with van der Waals surface area (Å²) in [6.45, 7) is 2.71. The van der Waals surface area contributed by atoms with Gasteiger partial charge in [0.15, 0.2) is 0 Å². The number of carboxylic acid groups (broad SMARTS) is 1. The Labute approximate surface area is 226 Å². The van der Waals surface area contributed by atoms with E-state index in [-0.39, 0.29) is 6.03 Å². The number of nitrogens with two attached hydrogens (primary N) is 2. The number of carboxylic acids is 1. The van der Waals surface area contributed by atoms with Crippen LogP contribution in [0.5, 0.6) is 0 Å². The Morgan fingerprint density at radius 1 is 0.872 bits per heavy atom. The second kappa shape index (κ2) is 12.4. The number of benzene rings is 3. The Bertz CT molecular complexity index is 1440. The summed E-state index contributed by atoms with van der Waals surface area (Å²) in [5.74, 6) is -1.17. The molecule has 1 aliphatic heterocycles. The molecule has 0 unspecified atom stereocenters. The number of hydrogen-bond acceptors (Lipinski definition) is 6. The summed E-state index contributed by atoms with van der Waals surface area (Å²) in [5, 5.41) is 10.7. The molecule has 5 N–H and O–H groups in total. The highest BCUT2D eigenvalue weighted by Crippen LogP contribution is 2.23. The molecule has 0 spiro atoms. The predicted octanol–water partition coefficient (Wildman–Crippen LogP) is 3.44. The van der Waals surface area contributed by atoms with Crippen LogP contribution in [-0.2, 0) is 4.79 Å². The Morgan fingerprint density at radius 2 is 1.51 bits per heavy atom. The SMILES string of the molecule is NC(=O)N1CCN(c2ccccc2)CC1.Nc1nccc2ccc(C(=O)N(CC(=O)O)c3ccccc3)cc12. The molecule has 39 heavy (non-hydrogen) atoms. The molecule has 10 nitrogen and oxygen atoms in total. The molecule has 1 saturated heterocycles. The number of rotatable bonds is 5. The molecule has 3 aromatic carbocycles. The van der Waals surface area contributed by atoms with Gasteiger partial charge in [-0.05, 0) is 47.9 Å². The second-order valence-corrected chi connectivity index (χ2v) is 8.90. The number of nitrogens with zero attached hydrogens (tertiary/aromatic N) is 4. The van der Waals surface area contributed by atoms with Gasteiger partial charge in [0.2, 0.25) is 0 Å². The standard InChI is InChI=1S/C18H15N3O3.C11H15N3O/c19-17-15-10-13(7-6-12(15)8-9-20-17)18(24)21(11-16(22)23)14-4-2-1-3-5-14;12-11(15)14-8-6-13(7-9-14)10-4-2-1-3-5-10/h1-10H,11H2,(H2,19,20)(H,22,23);1-5H,6-9H2,(H2,12,15). The van der Waals surface area contributed by atoms with Gasteiger partial charge in [0, 0.05) is 54.7 Å². The van der Waals surface area contributed by atoms with Crippen LogP contribution in [0.25, 0.3) is 10.8 Å². The van der Waals surface area contributed by atoms with Crippen LogP contribution in [0.15, 0.2) is 91.1 Å². The van der Waals surface area contributed by atoms with E-state index in [1.807, 2.05) is 18.2 Å². The number of carbonyl (C=O) groups excluding carboxylic acids is 2.